The van der Waals surface area contributed by atoms with E-state index in [1.807, 2.05) is 24.7 Å². The smallest absolute Gasteiger partial charge is 0.307 e. The Bertz CT molecular complexity index is 1250. The molecule has 4 aromatic rings. The molecular formula is C21H22N8O3. The molecule has 1 N–H and O–H groups in total. The van der Waals surface area contributed by atoms with Gasteiger partial charge in [-0.15, -0.1) is 0 Å². The maximum absolute atomic E-state index is 12.6. The predicted octanol–water partition coefficient (Wildman–Crippen LogP) is 2.86. The molecule has 1 aromatic carbocycles. The van der Waals surface area contributed by atoms with E-state index < -0.39 is 4.92 Å². The van der Waals surface area contributed by atoms with Crippen LogP contribution in [0.4, 0.5) is 11.4 Å². The zero-order valence-electron chi connectivity index (χ0n) is 17.7. The van der Waals surface area contributed by atoms with Crippen LogP contribution in [-0.2, 0) is 19.6 Å². The number of aromatic nitrogens is 6. The Morgan fingerprint density at radius 3 is 2.41 bits per heavy atom. The van der Waals surface area contributed by atoms with E-state index in [4.69, 9.17) is 0 Å². The Morgan fingerprint density at radius 2 is 1.75 bits per heavy atom. The molecule has 0 aliphatic carbocycles. The summed E-state index contributed by atoms with van der Waals surface area (Å²) < 4.78 is 5.17. The van der Waals surface area contributed by atoms with Crippen LogP contribution in [0.5, 0.6) is 0 Å². The van der Waals surface area contributed by atoms with E-state index >= 15 is 0 Å². The summed E-state index contributed by atoms with van der Waals surface area (Å²) in [6.45, 7) is 5.82. The van der Waals surface area contributed by atoms with Gasteiger partial charge >= 0.3 is 5.69 Å². The summed E-state index contributed by atoms with van der Waals surface area (Å²) >= 11 is 0. The average Bonchev–Trinajstić information content (AvgIpc) is 3.50. The lowest BCUT2D eigenvalue weighted by Gasteiger charge is -2.05. The van der Waals surface area contributed by atoms with E-state index in [9.17, 15) is 14.9 Å². The van der Waals surface area contributed by atoms with Gasteiger partial charge in [-0.1, -0.05) is 12.1 Å². The van der Waals surface area contributed by atoms with E-state index in [2.05, 4.69) is 20.6 Å². The highest BCUT2D eigenvalue weighted by Gasteiger charge is 2.11. The molecule has 0 atom stereocenters. The van der Waals surface area contributed by atoms with Crippen LogP contribution in [-0.4, -0.2) is 40.2 Å². The summed E-state index contributed by atoms with van der Waals surface area (Å²) in [6.07, 6.45) is 7.80. The van der Waals surface area contributed by atoms with Gasteiger partial charge in [-0.3, -0.25) is 29.0 Å². The van der Waals surface area contributed by atoms with Gasteiger partial charge in [0.1, 0.15) is 12.4 Å². The zero-order chi connectivity index (χ0) is 22.7. The molecular weight excluding hydrogens is 412 g/mol. The number of aryl methyl sites for hydroxylation is 1. The molecule has 11 heteroatoms. The molecule has 32 heavy (non-hydrogen) atoms. The molecule has 3 heterocycles. The molecule has 0 aliphatic rings. The second kappa shape index (κ2) is 8.84. The van der Waals surface area contributed by atoms with E-state index in [-0.39, 0.29) is 11.6 Å². The third-order valence-corrected chi connectivity index (χ3v) is 5.12. The lowest BCUT2D eigenvalue weighted by atomic mass is 10.1. The lowest BCUT2D eigenvalue weighted by molar-refractivity contribution is -0.385. The van der Waals surface area contributed by atoms with Crippen molar-refractivity contribution in [3.63, 3.8) is 0 Å². The molecule has 0 bridgehead atoms. The van der Waals surface area contributed by atoms with E-state index in [0.717, 1.165) is 23.4 Å². The highest BCUT2D eigenvalue weighted by Crippen LogP contribution is 2.14. The van der Waals surface area contributed by atoms with Gasteiger partial charge in [-0.2, -0.15) is 15.3 Å². The van der Waals surface area contributed by atoms with Gasteiger partial charge in [0.25, 0.3) is 5.91 Å². The Balaban J connectivity index is 1.36. The summed E-state index contributed by atoms with van der Waals surface area (Å²) in [5.74, 6) is -0.249. The molecule has 4 rings (SSSR count). The number of hydrogen-bond acceptors (Lipinski definition) is 6. The molecule has 11 nitrogen and oxygen atoms in total. The number of rotatable bonds is 8. The maximum Gasteiger partial charge on any atom is 0.307 e. The molecule has 1 amide bonds. The standard InChI is InChI=1S/C21H22N8O3/c1-3-28-15(2)18(8-24-28)12-27-13-19(9-22-27)25-21(30)17-6-4-16(5-7-17)11-26-14-20(10-23-26)29(31)32/h4-10,13-14H,3,11-12H2,1-2H3,(H,25,30). The van der Waals surface area contributed by atoms with Crippen LogP contribution in [0.3, 0.4) is 0 Å². The fourth-order valence-corrected chi connectivity index (χ4v) is 3.33. The monoisotopic (exact) mass is 434 g/mol. The van der Waals surface area contributed by atoms with Gasteiger partial charge in [0.05, 0.1) is 36.1 Å². The number of hydrogen-bond donors (Lipinski definition) is 1. The van der Waals surface area contributed by atoms with Crippen LogP contribution < -0.4 is 5.32 Å². The van der Waals surface area contributed by atoms with Crippen LogP contribution in [0, 0.1) is 17.0 Å². The first kappa shape index (κ1) is 21.0. The lowest BCUT2D eigenvalue weighted by Crippen LogP contribution is -2.11. The van der Waals surface area contributed by atoms with Crippen LogP contribution >= 0.6 is 0 Å². The first-order valence-electron chi connectivity index (χ1n) is 10.0. The summed E-state index contributed by atoms with van der Waals surface area (Å²) in [7, 11) is 0. The van der Waals surface area contributed by atoms with E-state index in [1.54, 1.807) is 41.3 Å². The van der Waals surface area contributed by atoms with Gasteiger partial charge in [-0.05, 0) is 31.5 Å². The van der Waals surface area contributed by atoms with Crippen molar-refractivity contribution in [1.82, 2.24) is 29.3 Å². The number of carbonyl (C=O) groups is 1. The molecule has 0 fully saturated rings. The second-order valence-electron chi connectivity index (χ2n) is 7.30. The average molecular weight is 434 g/mol. The molecule has 0 unspecified atom stereocenters. The van der Waals surface area contributed by atoms with Crippen LogP contribution in [0.1, 0.15) is 34.1 Å². The van der Waals surface area contributed by atoms with Crippen molar-refractivity contribution in [2.45, 2.75) is 33.5 Å². The Labute approximate surface area is 183 Å². The molecule has 0 aliphatic heterocycles. The molecule has 164 valence electrons. The Morgan fingerprint density at radius 1 is 1.03 bits per heavy atom. The van der Waals surface area contributed by atoms with Gasteiger partial charge in [0, 0.05) is 29.6 Å². The number of carbonyl (C=O) groups excluding carboxylic acids is 1. The highest BCUT2D eigenvalue weighted by molar-refractivity contribution is 6.04. The predicted molar refractivity (Wildman–Crippen MR) is 116 cm³/mol. The van der Waals surface area contributed by atoms with Crippen LogP contribution in [0.25, 0.3) is 0 Å². The fourth-order valence-electron chi connectivity index (χ4n) is 3.33. The van der Waals surface area contributed by atoms with Crippen molar-refractivity contribution >= 4 is 17.3 Å². The topological polar surface area (TPSA) is 126 Å². The summed E-state index contributed by atoms with van der Waals surface area (Å²) in [6, 6.07) is 6.99. The van der Waals surface area contributed by atoms with E-state index in [1.165, 1.54) is 17.1 Å². The number of nitro groups is 1. The zero-order valence-corrected chi connectivity index (χ0v) is 17.7. The second-order valence-corrected chi connectivity index (χ2v) is 7.30. The number of nitrogens with one attached hydrogen (secondary N) is 1. The fraction of sp³-hybridized carbons (Fsp3) is 0.238. The van der Waals surface area contributed by atoms with Crippen molar-refractivity contribution in [3.8, 4) is 0 Å². The molecule has 0 saturated heterocycles. The number of benzene rings is 1. The first-order valence-corrected chi connectivity index (χ1v) is 10.0. The van der Waals surface area contributed by atoms with Crippen molar-refractivity contribution in [2.75, 3.05) is 5.32 Å². The summed E-state index contributed by atoms with van der Waals surface area (Å²) in [5, 5.41) is 26.2. The minimum absolute atomic E-state index is 0.0594. The van der Waals surface area contributed by atoms with Gasteiger partial charge < -0.3 is 5.32 Å². The number of nitrogens with zero attached hydrogens (tertiary/aromatic N) is 7. The van der Waals surface area contributed by atoms with Crippen molar-refractivity contribution < 1.29 is 9.72 Å². The van der Waals surface area contributed by atoms with Crippen LogP contribution in [0.15, 0.2) is 55.2 Å². The van der Waals surface area contributed by atoms with E-state index in [0.29, 0.717) is 24.3 Å². The van der Waals surface area contributed by atoms with Crippen LogP contribution in [0.2, 0.25) is 0 Å². The minimum atomic E-state index is -0.488. The normalized spacial score (nSPS) is 10.9. The Hall–Kier alpha value is -4.28. The quantitative estimate of drug-likeness (QED) is 0.336. The number of amides is 1. The third kappa shape index (κ3) is 4.56. The van der Waals surface area contributed by atoms with Gasteiger partial charge in [-0.25, -0.2) is 0 Å². The SMILES string of the molecule is CCn1ncc(Cn2cc(NC(=O)c3ccc(Cn4cc([N+](=O)[O-])cn4)cc3)cn2)c1C. The van der Waals surface area contributed by atoms with Crippen molar-refractivity contribution in [1.29, 1.82) is 0 Å². The summed E-state index contributed by atoms with van der Waals surface area (Å²) in [5.41, 5.74) is 4.08. The highest BCUT2D eigenvalue weighted by atomic mass is 16.6. The molecule has 3 aromatic heterocycles. The maximum atomic E-state index is 12.6. The third-order valence-electron chi connectivity index (χ3n) is 5.12. The molecule has 0 radical (unpaired) electrons. The summed E-state index contributed by atoms with van der Waals surface area (Å²) in [4.78, 5) is 22.8. The van der Waals surface area contributed by atoms with Crippen molar-refractivity contribution in [2.24, 2.45) is 0 Å². The van der Waals surface area contributed by atoms with Gasteiger partial charge in [0.15, 0.2) is 0 Å². The van der Waals surface area contributed by atoms with Gasteiger partial charge in [0.2, 0.25) is 0 Å². The molecule has 0 saturated carbocycles. The largest absolute Gasteiger partial charge is 0.319 e. The Kier molecular flexibility index (Phi) is 5.79. The molecule has 0 spiro atoms. The minimum Gasteiger partial charge on any atom is -0.319 e. The first-order chi connectivity index (χ1) is 15.4. The van der Waals surface area contributed by atoms with Crippen molar-refractivity contribution in [3.05, 3.63) is 87.7 Å². The number of anilines is 1.